The zero-order valence-corrected chi connectivity index (χ0v) is 12.2. The number of nitrogens with one attached hydrogen (secondary N) is 1. The Morgan fingerprint density at radius 2 is 2.11 bits per heavy atom. The Morgan fingerprint density at radius 1 is 1.42 bits per heavy atom. The van der Waals surface area contributed by atoms with Crippen LogP contribution >= 0.6 is 0 Å². The molecule has 5 nitrogen and oxygen atoms in total. The Hall–Kier alpha value is -1.26. The predicted molar refractivity (Wildman–Crippen MR) is 74.0 cm³/mol. The summed E-state index contributed by atoms with van der Waals surface area (Å²) in [7, 11) is 1.63. The number of nitrogens with zero attached hydrogens (tertiary/aromatic N) is 1. The highest BCUT2D eigenvalue weighted by Crippen LogP contribution is 2.38. The Kier molecular flexibility index (Phi) is 5.63. The van der Waals surface area contributed by atoms with Gasteiger partial charge in [-0.3, -0.25) is 4.79 Å². The molecule has 1 aliphatic rings. The molecular weight excluding hydrogens is 244 g/mol. The van der Waals surface area contributed by atoms with E-state index >= 15 is 0 Å². The first kappa shape index (κ1) is 15.8. The zero-order chi connectivity index (χ0) is 14.5. The van der Waals surface area contributed by atoms with E-state index in [4.69, 9.17) is 5.11 Å². The SMILES string of the molecule is CN(CCC(=O)O)C(=O)NCC1CCCC(C)(C)C1. The summed E-state index contributed by atoms with van der Waals surface area (Å²) in [6.07, 6.45) is 4.79. The summed E-state index contributed by atoms with van der Waals surface area (Å²) in [4.78, 5) is 23.7. The second kappa shape index (κ2) is 6.78. The maximum absolute atomic E-state index is 11.8. The Balaban J connectivity index is 2.27. The maximum Gasteiger partial charge on any atom is 0.317 e. The van der Waals surface area contributed by atoms with Crippen molar-refractivity contribution in [1.82, 2.24) is 10.2 Å². The largest absolute Gasteiger partial charge is 0.481 e. The summed E-state index contributed by atoms with van der Waals surface area (Å²) in [5.74, 6) is -0.339. The number of carbonyl (C=O) groups is 2. The number of carboxylic acids is 1. The lowest BCUT2D eigenvalue weighted by molar-refractivity contribution is -0.137. The van der Waals surface area contributed by atoms with Crippen LogP contribution in [0.15, 0.2) is 0 Å². The molecule has 0 saturated heterocycles. The van der Waals surface area contributed by atoms with E-state index in [0.29, 0.717) is 17.9 Å². The molecule has 0 radical (unpaired) electrons. The van der Waals surface area contributed by atoms with Gasteiger partial charge < -0.3 is 15.3 Å². The molecule has 2 amide bonds. The van der Waals surface area contributed by atoms with Crippen molar-refractivity contribution in [3.05, 3.63) is 0 Å². The summed E-state index contributed by atoms with van der Waals surface area (Å²) in [6, 6.07) is -0.176. The molecule has 0 aromatic carbocycles. The van der Waals surface area contributed by atoms with Crippen molar-refractivity contribution in [3.8, 4) is 0 Å². The van der Waals surface area contributed by atoms with Crippen LogP contribution in [0.25, 0.3) is 0 Å². The lowest BCUT2D eigenvalue weighted by Gasteiger charge is -2.35. The first-order valence-corrected chi connectivity index (χ1v) is 7.01. The summed E-state index contributed by atoms with van der Waals surface area (Å²) in [5, 5.41) is 11.5. The number of amides is 2. The number of rotatable bonds is 5. The Labute approximate surface area is 115 Å². The van der Waals surface area contributed by atoms with Gasteiger partial charge in [0.1, 0.15) is 0 Å². The third-order valence-electron chi connectivity index (χ3n) is 3.86. The molecule has 1 atom stereocenters. The highest BCUT2D eigenvalue weighted by molar-refractivity contribution is 5.74. The first-order valence-electron chi connectivity index (χ1n) is 7.01. The topological polar surface area (TPSA) is 69.6 Å². The van der Waals surface area contributed by atoms with Crippen molar-refractivity contribution in [1.29, 1.82) is 0 Å². The maximum atomic E-state index is 11.8. The number of hydrogen-bond acceptors (Lipinski definition) is 2. The van der Waals surface area contributed by atoms with Crippen LogP contribution in [0.5, 0.6) is 0 Å². The second-order valence-electron chi connectivity index (χ2n) is 6.38. The average molecular weight is 270 g/mol. The summed E-state index contributed by atoms with van der Waals surface area (Å²) < 4.78 is 0. The van der Waals surface area contributed by atoms with Crippen LogP contribution in [0.1, 0.15) is 46.0 Å². The fraction of sp³-hybridized carbons (Fsp3) is 0.857. The predicted octanol–water partition coefficient (Wildman–Crippen LogP) is 2.32. The molecule has 0 spiro atoms. The van der Waals surface area contributed by atoms with E-state index in [1.165, 1.54) is 24.2 Å². The lowest BCUT2D eigenvalue weighted by Crippen LogP contribution is -2.41. The van der Waals surface area contributed by atoms with Crippen molar-refractivity contribution in [2.75, 3.05) is 20.1 Å². The number of hydrogen-bond donors (Lipinski definition) is 2. The van der Waals surface area contributed by atoms with E-state index < -0.39 is 5.97 Å². The molecule has 0 heterocycles. The molecule has 0 aromatic heterocycles. The average Bonchev–Trinajstić information content (AvgIpc) is 2.31. The number of aliphatic carboxylic acids is 1. The van der Waals surface area contributed by atoms with Crippen LogP contribution in [0, 0.1) is 11.3 Å². The van der Waals surface area contributed by atoms with Gasteiger partial charge in [-0.1, -0.05) is 20.3 Å². The number of urea groups is 1. The molecule has 1 fully saturated rings. The molecule has 1 unspecified atom stereocenters. The third-order valence-corrected chi connectivity index (χ3v) is 3.86. The smallest absolute Gasteiger partial charge is 0.317 e. The highest BCUT2D eigenvalue weighted by atomic mass is 16.4. The fourth-order valence-electron chi connectivity index (χ4n) is 2.76. The van der Waals surface area contributed by atoms with E-state index in [-0.39, 0.29) is 19.0 Å². The van der Waals surface area contributed by atoms with E-state index in [1.807, 2.05) is 0 Å². The molecule has 1 saturated carbocycles. The van der Waals surface area contributed by atoms with Crippen LogP contribution in [-0.4, -0.2) is 42.1 Å². The van der Waals surface area contributed by atoms with Gasteiger partial charge in [-0.15, -0.1) is 0 Å². The zero-order valence-electron chi connectivity index (χ0n) is 12.2. The van der Waals surface area contributed by atoms with Gasteiger partial charge in [-0.25, -0.2) is 4.79 Å². The molecule has 19 heavy (non-hydrogen) atoms. The standard InChI is InChI=1S/C14H26N2O3/c1-14(2)7-4-5-11(9-14)10-15-13(19)16(3)8-6-12(17)18/h11H,4-10H2,1-3H3,(H,15,19)(H,17,18). The minimum absolute atomic E-state index is 0.0135. The van der Waals surface area contributed by atoms with Gasteiger partial charge in [0.05, 0.1) is 6.42 Å². The van der Waals surface area contributed by atoms with Gasteiger partial charge in [0.25, 0.3) is 0 Å². The minimum atomic E-state index is -0.881. The monoisotopic (exact) mass is 270 g/mol. The van der Waals surface area contributed by atoms with E-state index in [0.717, 1.165) is 6.42 Å². The van der Waals surface area contributed by atoms with Gasteiger partial charge in [-0.05, 0) is 30.6 Å². The Bertz CT molecular complexity index is 329. The van der Waals surface area contributed by atoms with Crippen LogP contribution in [0.2, 0.25) is 0 Å². The fourth-order valence-corrected chi connectivity index (χ4v) is 2.76. The molecule has 2 N–H and O–H groups in total. The van der Waals surface area contributed by atoms with E-state index in [9.17, 15) is 9.59 Å². The number of carbonyl (C=O) groups excluding carboxylic acids is 1. The number of carboxylic acid groups (broad SMARTS) is 1. The van der Waals surface area contributed by atoms with Gasteiger partial charge in [0.2, 0.25) is 0 Å². The van der Waals surface area contributed by atoms with E-state index in [1.54, 1.807) is 7.05 Å². The van der Waals surface area contributed by atoms with Crippen LogP contribution in [-0.2, 0) is 4.79 Å². The molecule has 1 aliphatic carbocycles. The van der Waals surface area contributed by atoms with Gasteiger partial charge in [0, 0.05) is 20.1 Å². The normalized spacial score (nSPS) is 21.7. The molecule has 0 bridgehead atoms. The van der Waals surface area contributed by atoms with Crippen molar-refractivity contribution < 1.29 is 14.7 Å². The van der Waals surface area contributed by atoms with Gasteiger partial charge in [0.15, 0.2) is 0 Å². The minimum Gasteiger partial charge on any atom is -0.481 e. The summed E-state index contributed by atoms with van der Waals surface area (Å²) in [6.45, 7) is 5.50. The van der Waals surface area contributed by atoms with E-state index in [2.05, 4.69) is 19.2 Å². The first-order chi connectivity index (χ1) is 8.80. The molecule has 5 heteroatoms. The van der Waals surface area contributed by atoms with Gasteiger partial charge in [-0.2, -0.15) is 0 Å². The Morgan fingerprint density at radius 3 is 2.68 bits per heavy atom. The molecule has 110 valence electrons. The quantitative estimate of drug-likeness (QED) is 0.805. The van der Waals surface area contributed by atoms with Crippen LogP contribution in [0.3, 0.4) is 0 Å². The van der Waals surface area contributed by atoms with Crippen molar-refractivity contribution >= 4 is 12.0 Å². The van der Waals surface area contributed by atoms with Crippen LogP contribution in [0.4, 0.5) is 4.79 Å². The summed E-state index contributed by atoms with van der Waals surface area (Å²) in [5.41, 5.74) is 0.378. The lowest BCUT2D eigenvalue weighted by atomic mass is 9.72. The van der Waals surface area contributed by atoms with Gasteiger partial charge >= 0.3 is 12.0 Å². The molecule has 0 aromatic rings. The highest BCUT2D eigenvalue weighted by Gasteiger charge is 2.28. The van der Waals surface area contributed by atoms with Crippen molar-refractivity contribution in [2.24, 2.45) is 11.3 Å². The molecule has 1 rings (SSSR count). The molecule has 0 aliphatic heterocycles. The summed E-state index contributed by atoms with van der Waals surface area (Å²) >= 11 is 0. The third kappa shape index (κ3) is 5.94. The second-order valence-corrected chi connectivity index (χ2v) is 6.38. The van der Waals surface area contributed by atoms with Crippen molar-refractivity contribution in [2.45, 2.75) is 46.0 Å². The molecular formula is C14H26N2O3. The van der Waals surface area contributed by atoms with Crippen LogP contribution < -0.4 is 5.32 Å². The van der Waals surface area contributed by atoms with Crippen molar-refractivity contribution in [3.63, 3.8) is 0 Å².